The second kappa shape index (κ2) is 14.1. The first kappa shape index (κ1) is 30.0. The zero-order valence-corrected chi connectivity index (χ0v) is 24.7. The summed E-state index contributed by atoms with van der Waals surface area (Å²) >= 11 is 3.60. The van der Waals surface area contributed by atoms with Gasteiger partial charge in [-0.1, -0.05) is 42.5 Å². The molecule has 3 N–H and O–H groups in total. The molecular weight excluding hydrogens is 645 g/mol. The SMILES string of the molecule is CC(C(=O)N[C@@H](Cc1cc(F)cc(F)c1)[C@H](O)CNCc1cccc(I)c1)c1ccc(C(=O)c2cccs2)cc1. The van der Waals surface area contributed by atoms with Crippen LogP contribution >= 0.6 is 33.9 Å². The van der Waals surface area contributed by atoms with Crippen LogP contribution in [0.1, 0.15) is 44.8 Å². The fraction of sp³-hybridized carbons (Fsp3) is 0.226. The molecule has 40 heavy (non-hydrogen) atoms. The maximum atomic E-state index is 13.9. The number of ketones is 1. The van der Waals surface area contributed by atoms with Gasteiger partial charge in [0.1, 0.15) is 11.6 Å². The average Bonchev–Trinajstić information content (AvgIpc) is 3.46. The van der Waals surface area contributed by atoms with E-state index in [1.807, 2.05) is 35.7 Å². The summed E-state index contributed by atoms with van der Waals surface area (Å²) in [7, 11) is 0. The number of hydrogen-bond donors (Lipinski definition) is 3. The van der Waals surface area contributed by atoms with Crippen LogP contribution in [0.5, 0.6) is 0 Å². The molecule has 1 aromatic heterocycles. The first-order valence-electron chi connectivity index (χ1n) is 12.8. The predicted octanol–water partition coefficient (Wildman–Crippen LogP) is 5.84. The van der Waals surface area contributed by atoms with Crippen molar-refractivity contribution >= 4 is 45.6 Å². The summed E-state index contributed by atoms with van der Waals surface area (Å²) in [4.78, 5) is 26.5. The van der Waals surface area contributed by atoms with Crippen LogP contribution in [0.2, 0.25) is 0 Å². The largest absolute Gasteiger partial charge is 0.390 e. The third-order valence-electron chi connectivity index (χ3n) is 6.55. The van der Waals surface area contributed by atoms with E-state index >= 15 is 0 Å². The first-order valence-corrected chi connectivity index (χ1v) is 14.7. The fourth-order valence-electron chi connectivity index (χ4n) is 4.35. The quantitative estimate of drug-likeness (QED) is 0.130. The minimum Gasteiger partial charge on any atom is -0.390 e. The van der Waals surface area contributed by atoms with Crippen molar-refractivity contribution in [1.82, 2.24) is 10.6 Å². The third kappa shape index (κ3) is 8.26. The fourth-order valence-corrected chi connectivity index (χ4v) is 5.65. The van der Waals surface area contributed by atoms with Crippen LogP contribution in [0.3, 0.4) is 0 Å². The molecule has 5 nitrogen and oxygen atoms in total. The number of carbonyl (C=O) groups is 2. The van der Waals surface area contributed by atoms with Crippen LogP contribution in [0, 0.1) is 15.2 Å². The van der Waals surface area contributed by atoms with Gasteiger partial charge in [-0.25, -0.2) is 8.78 Å². The van der Waals surface area contributed by atoms with E-state index in [1.165, 1.54) is 23.5 Å². The smallest absolute Gasteiger partial charge is 0.227 e. The lowest BCUT2D eigenvalue weighted by Crippen LogP contribution is -2.49. The van der Waals surface area contributed by atoms with Crippen molar-refractivity contribution in [3.8, 4) is 0 Å². The van der Waals surface area contributed by atoms with E-state index in [2.05, 4.69) is 33.2 Å². The number of carbonyl (C=O) groups excluding carboxylic acids is 2. The molecule has 0 radical (unpaired) electrons. The lowest BCUT2D eigenvalue weighted by Gasteiger charge is -2.26. The number of thiophene rings is 1. The van der Waals surface area contributed by atoms with Gasteiger partial charge in [-0.2, -0.15) is 0 Å². The summed E-state index contributed by atoms with van der Waals surface area (Å²) in [6.45, 7) is 2.39. The lowest BCUT2D eigenvalue weighted by atomic mass is 9.95. The molecule has 208 valence electrons. The lowest BCUT2D eigenvalue weighted by molar-refractivity contribution is -0.123. The highest BCUT2D eigenvalue weighted by Crippen LogP contribution is 2.21. The van der Waals surface area contributed by atoms with Crippen molar-refractivity contribution in [2.24, 2.45) is 0 Å². The maximum Gasteiger partial charge on any atom is 0.227 e. The van der Waals surface area contributed by atoms with E-state index < -0.39 is 29.7 Å². The highest BCUT2D eigenvalue weighted by molar-refractivity contribution is 14.1. The molecule has 1 heterocycles. The van der Waals surface area contributed by atoms with Gasteiger partial charge >= 0.3 is 0 Å². The average molecular weight is 675 g/mol. The van der Waals surface area contributed by atoms with E-state index in [1.54, 1.807) is 37.3 Å². The molecular formula is C31H29F2IN2O3S. The summed E-state index contributed by atoms with van der Waals surface area (Å²) in [6, 6.07) is 20.7. The zero-order chi connectivity index (χ0) is 28.6. The summed E-state index contributed by atoms with van der Waals surface area (Å²) in [5.41, 5.74) is 2.59. The Kier molecular flexibility index (Phi) is 10.5. The number of nitrogens with one attached hydrogen (secondary N) is 2. The molecule has 0 saturated heterocycles. The van der Waals surface area contributed by atoms with Crippen LogP contribution < -0.4 is 10.6 Å². The standard InChI is InChI=1S/C31H29F2IN2O3S/c1-19(22-7-9-23(10-8-22)30(38)29-6-3-11-40-29)31(39)36-27(15-21-12-24(32)16-25(33)13-21)28(37)18-35-17-20-4-2-5-26(34)14-20/h2-14,16,19,27-28,35,37H,15,17-18H2,1H3,(H,36,39)/t19?,27-,28+/m0/s1. The minimum absolute atomic E-state index is 0.0352. The van der Waals surface area contributed by atoms with Gasteiger partial charge < -0.3 is 15.7 Å². The Balaban J connectivity index is 1.44. The molecule has 4 rings (SSSR count). The van der Waals surface area contributed by atoms with Crippen molar-refractivity contribution in [3.63, 3.8) is 0 Å². The van der Waals surface area contributed by atoms with Crippen LogP contribution in [0.15, 0.2) is 84.2 Å². The molecule has 0 saturated carbocycles. The maximum absolute atomic E-state index is 13.9. The molecule has 3 atom stereocenters. The molecule has 3 aromatic carbocycles. The van der Waals surface area contributed by atoms with Crippen LogP contribution in [0.25, 0.3) is 0 Å². The number of hydrogen-bond acceptors (Lipinski definition) is 5. The summed E-state index contributed by atoms with van der Waals surface area (Å²) in [6.07, 6.45) is -0.996. The number of aliphatic hydroxyl groups is 1. The van der Waals surface area contributed by atoms with Crippen molar-refractivity contribution in [1.29, 1.82) is 0 Å². The van der Waals surface area contributed by atoms with Gasteiger partial charge in [-0.3, -0.25) is 9.59 Å². The van der Waals surface area contributed by atoms with E-state index in [9.17, 15) is 23.5 Å². The Morgan fingerprint density at radius 1 is 0.950 bits per heavy atom. The van der Waals surface area contributed by atoms with Crippen LogP contribution in [0.4, 0.5) is 8.78 Å². The normalized spacial score (nSPS) is 13.4. The number of halogens is 3. The number of amides is 1. The van der Waals surface area contributed by atoms with Crippen molar-refractivity contribution in [2.75, 3.05) is 6.54 Å². The molecule has 0 aliphatic rings. The van der Waals surface area contributed by atoms with Crippen LogP contribution in [-0.4, -0.2) is 35.5 Å². The van der Waals surface area contributed by atoms with Gasteiger partial charge in [0.2, 0.25) is 11.7 Å². The highest BCUT2D eigenvalue weighted by atomic mass is 127. The Morgan fingerprint density at radius 3 is 2.33 bits per heavy atom. The molecule has 1 amide bonds. The van der Waals surface area contributed by atoms with Crippen molar-refractivity contribution < 1.29 is 23.5 Å². The summed E-state index contributed by atoms with van der Waals surface area (Å²) < 4.78 is 28.8. The summed E-state index contributed by atoms with van der Waals surface area (Å²) in [5, 5.41) is 18.9. The van der Waals surface area contributed by atoms with E-state index in [0.29, 0.717) is 28.1 Å². The third-order valence-corrected chi connectivity index (χ3v) is 8.09. The number of aliphatic hydroxyl groups excluding tert-OH is 1. The van der Waals surface area contributed by atoms with Gasteiger partial charge in [0, 0.05) is 28.3 Å². The zero-order valence-electron chi connectivity index (χ0n) is 21.7. The Labute approximate surface area is 249 Å². The predicted molar refractivity (Wildman–Crippen MR) is 161 cm³/mol. The number of rotatable bonds is 12. The topological polar surface area (TPSA) is 78.4 Å². The van der Waals surface area contributed by atoms with Gasteiger partial charge in [0.25, 0.3) is 0 Å². The van der Waals surface area contributed by atoms with Gasteiger partial charge in [0.05, 0.1) is 22.9 Å². The van der Waals surface area contributed by atoms with Crippen molar-refractivity contribution in [2.45, 2.75) is 38.0 Å². The van der Waals surface area contributed by atoms with E-state index in [0.717, 1.165) is 15.2 Å². The monoisotopic (exact) mass is 674 g/mol. The Bertz CT molecular complexity index is 1430. The molecule has 0 fully saturated rings. The highest BCUT2D eigenvalue weighted by Gasteiger charge is 2.25. The molecule has 0 aliphatic heterocycles. The molecule has 9 heteroatoms. The van der Waals surface area contributed by atoms with Crippen LogP contribution in [-0.2, 0) is 17.8 Å². The summed E-state index contributed by atoms with van der Waals surface area (Å²) in [5.74, 6) is -2.48. The Morgan fingerprint density at radius 2 is 1.68 bits per heavy atom. The van der Waals surface area contributed by atoms with Gasteiger partial charge in [-0.05, 0) is 88.3 Å². The minimum atomic E-state index is -1.03. The van der Waals surface area contributed by atoms with E-state index in [4.69, 9.17) is 0 Å². The van der Waals surface area contributed by atoms with E-state index in [-0.39, 0.29) is 24.7 Å². The molecule has 1 unspecified atom stereocenters. The molecule has 4 aromatic rings. The van der Waals surface area contributed by atoms with Gasteiger partial charge in [0.15, 0.2) is 0 Å². The number of benzene rings is 3. The second-order valence-corrected chi connectivity index (χ2v) is 11.8. The van der Waals surface area contributed by atoms with Gasteiger partial charge in [-0.15, -0.1) is 11.3 Å². The molecule has 0 bridgehead atoms. The molecule has 0 spiro atoms. The first-order chi connectivity index (χ1) is 19.2. The van der Waals surface area contributed by atoms with Crippen molar-refractivity contribution in [3.05, 3.63) is 127 Å². The second-order valence-electron chi connectivity index (χ2n) is 9.58. The Hall–Kier alpha value is -2.99. The molecule has 0 aliphatic carbocycles.